The van der Waals surface area contributed by atoms with E-state index in [4.69, 9.17) is 9.15 Å². The number of ether oxygens (including phenoxy) is 1. The first-order valence-electron chi connectivity index (χ1n) is 5.61. The summed E-state index contributed by atoms with van der Waals surface area (Å²) in [5.74, 6) is -0.402. The van der Waals surface area contributed by atoms with Crippen LogP contribution in [0.5, 0.6) is 0 Å². The Labute approximate surface area is 103 Å². The molecule has 0 saturated carbocycles. The highest BCUT2D eigenvalue weighted by molar-refractivity contribution is 5.74. The summed E-state index contributed by atoms with van der Waals surface area (Å²) in [4.78, 5) is 22.5. The number of amides is 1. The van der Waals surface area contributed by atoms with Gasteiger partial charge in [-0.2, -0.15) is 0 Å². The van der Waals surface area contributed by atoms with Crippen LogP contribution in [0.2, 0.25) is 0 Å². The minimum absolute atomic E-state index is 0.334. The fourth-order valence-corrected chi connectivity index (χ4v) is 1.64. The van der Waals surface area contributed by atoms with E-state index in [1.54, 1.807) is 32.2 Å². The SMILES string of the molecule is CCOC(=O)NCc1ccc2oc(=O)n(C)c2c1. The van der Waals surface area contributed by atoms with Gasteiger partial charge in [-0.3, -0.25) is 4.57 Å². The van der Waals surface area contributed by atoms with Crippen molar-refractivity contribution in [2.24, 2.45) is 7.05 Å². The van der Waals surface area contributed by atoms with E-state index in [-0.39, 0.29) is 0 Å². The molecule has 0 aliphatic heterocycles. The van der Waals surface area contributed by atoms with Gasteiger partial charge in [0.1, 0.15) is 0 Å². The zero-order valence-electron chi connectivity index (χ0n) is 10.2. The summed E-state index contributed by atoms with van der Waals surface area (Å²) in [6.07, 6.45) is -0.460. The van der Waals surface area contributed by atoms with E-state index in [1.165, 1.54) is 4.57 Å². The third kappa shape index (κ3) is 2.37. The Morgan fingerprint density at radius 2 is 2.28 bits per heavy atom. The quantitative estimate of drug-likeness (QED) is 0.893. The predicted octanol–water partition coefficient (Wildman–Crippen LogP) is 1.38. The van der Waals surface area contributed by atoms with Gasteiger partial charge in [-0.1, -0.05) is 6.07 Å². The molecule has 0 radical (unpaired) electrons. The van der Waals surface area contributed by atoms with Crippen molar-refractivity contribution in [2.75, 3.05) is 6.61 Å². The van der Waals surface area contributed by atoms with Crippen molar-refractivity contribution in [1.29, 1.82) is 0 Å². The van der Waals surface area contributed by atoms with E-state index in [0.29, 0.717) is 24.3 Å². The molecule has 1 aromatic heterocycles. The highest BCUT2D eigenvalue weighted by Gasteiger charge is 2.07. The van der Waals surface area contributed by atoms with Crippen molar-refractivity contribution in [3.8, 4) is 0 Å². The number of carbonyl (C=O) groups is 1. The first kappa shape index (κ1) is 12.2. The minimum atomic E-state index is -0.460. The number of hydrogen-bond acceptors (Lipinski definition) is 4. The number of hydrogen-bond donors (Lipinski definition) is 1. The van der Waals surface area contributed by atoms with E-state index >= 15 is 0 Å². The normalized spacial score (nSPS) is 10.6. The monoisotopic (exact) mass is 250 g/mol. The number of carbonyl (C=O) groups excluding carboxylic acids is 1. The summed E-state index contributed by atoms with van der Waals surface area (Å²) in [7, 11) is 1.64. The summed E-state index contributed by atoms with van der Waals surface area (Å²) in [5, 5.41) is 2.61. The maximum atomic E-state index is 11.3. The first-order valence-corrected chi connectivity index (χ1v) is 5.61. The van der Waals surface area contributed by atoms with Crippen LogP contribution in [0, 0.1) is 0 Å². The standard InChI is InChI=1S/C12H14N2O4/c1-3-17-11(15)13-7-8-4-5-10-9(6-8)14(2)12(16)18-10/h4-6H,3,7H2,1-2H3,(H,13,15). The molecule has 0 saturated heterocycles. The Morgan fingerprint density at radius 1 is 1.50 bits per heavy atom. The molecule has 1 amide bonds. The smallest absolute Gasteiger partial charge is 0.419 e. The second-order valence-electron chi connectivity index (χ2n) is 3.80. The number of nitrogens with zero attached hydrogens (tertiary/aromatic N) is 1. The number of benzene rings is 1. The van der Waals surface area contributed by atoms with Crippen molar-refractivity contribution in [1.82, 2.24) is 9.88 Å². The number of rotatable bonds is 3. The van der Waals surface area contributed by atoms with Gasteiger partial charge >= 0.3 is 11.8 Å². The van der Waals surface area contributed by atoms with Crippen molar-refractivity contribution in [3.05, 3.63) is 34.3 Å². The maximum absolute atomic E-state index is 11.3. The Morgan fingerprint density at radius 3 is 3.00 bits per heavy atom. The number of fused-ring (bicyclic) bond motifs is 1. The van der Waals surface area contributed by atoms with Crippen LogP contribution >= 0.6 is 0 Å². The van der Waals surface area contributed by atoms with Crippen LogP contribution in [0.4, 0.5) is 4.79 Å². The van der Waals surface area contributed by atoms with E-state index in [9.17, 15) is 9.59 Å². The number of aromatic nitrogens is 1. The molecule has 2 rings (SSSR count). The molecule has 1 heterocycles. The van der Waals surface area contributed by atoms with Gasteiger partial charge in [0.05, 0.1) is 12.1 Å². The second-order valence-corrected chi connectivity index (χ2v) is 3.80. The fourth-order valence-electron chi connectivity index (χ4n) is 1.64. The average molecular weight is 250 g/mol. The largest absolute Gasteiger partial charge is 0.450 e. The molecular weight excluding hydrogens is 236 g/mol. The molecule has 96 valence electrons. The van der Waals surface area contributed by atoms with Gasteiger partial charge in [-0.25, -0.2) is 9.59 Å². The van der Waals surface area contributed by atoms with Crippen LogP contribution in [0.15, 0.2) is 27.4 Å². The molecule has 0 unspecified atom stereocenters. The van der Waals surface area contributed by atoms with Crippen molar-refractivity contribution >= 4 is 17.2 Å². The summed E-state index contributed by atoms with van der Waals surface area (Å²) >= 11 is 0. The van der Waals surface area contributed by atoms with Gasteiger partial charge in [-0.15, -0.1) is 0 Å². The zero-order valence-corrected chi connectivity index (χ0v) is 10.2. The van der Waals surface area contributed by atoms with Crippen LogP contribution in [0.1, 0.15) is 12.5 Å². The maximum Gasteiger partial charge on any atom is 0.419 e. The topological polar surface area (TPSA) is 73.5 Å². The van der Waals surface area contributed by atoms with Gasteiger partial charge in [-0.05, 0) is 24.6 Å². The lowest BCUT2D eigenvalue weighted by Crippen LogP contribution is -2.23. The van der Waals surface area contributed by atoms with Crippen LogP contribution in [0.25, 0.3) is 11.1 Å². The molecule has 1 N–H and O–H groups in total. The Kier molecular flexibility index (Phi) is 3.36. The van der Waals surface area contributed by atoms with Gasteiger partial charge in [0.25, 0.3) is 0 Å². The van der Waals surface area contributed by atoms with Gasteiger partial charge in [0, 0.05) is 13.6 Å². The summed E-state index contributed by atoms with van der Waals surface area (Å²) in [6.45, 7) is 2.42. The van der Waals surface area contributed by atoms with E-state index in [1.807, 2.05) is 0 Å². The molecule has 1 aromatic carbocycles. The zero-order chi connectivity index (χ0) is 13.1. The molecule has 0 spiro atoms. The van der Waals surface area contributed by atoms with Gasteiger partial charge in [0.2, 0.25) is 0 Å². The lowest BCUT2D eigenvalue weighted by molar-refractivity contribution is 0.151. The van der Waals surface area contributed by atoms with Crippen molar-refractivity contribution < 1.29 is 13.9 Å². The minimum Gasteiger partial charge on any atom is -0.450 e. The summed E-state index contributed by atoms with van der Waals surface area (Å²) < 4.78 is 11.2. The second kappa shape index (κ2) is 4.95. The van der Waals surface area contributed by atoms with Crippen molar-refractivity contribution in [2.45, 2.75) is 13.5 Å². The molecule has 6 nitrogen and oxygen atoms in total. The third-order valence-corrected chi connectivity index (χ3v) is 2.57. The van der Waals surface area contributed by atoms with Crippen LogP contribution < -0.4 is 11.1 Å². The molecule has 0 aliphatic carbocycles. The number of oxazole rings is 1. The molecule has 0 fully saturated rings. The Bertz CT molecular complexity index is 627. The molecule has 0 aliphatic rings. The van der Waals surface area contributed by atoms with Gasteiger partial charge < -0.3 is 14.5 Å². The molecule has 2 aromatic rings. The number of alkyl carbamates (subject to hydrolysis) is 1. The summed E-state index contributed by atoms with van der Waals surface area (Å²) in [6, 6.07) is 5.29. The first-order chi connectivity index (χ1) is 8.61. The highest BCUT2D eigenvalue weighted by Crippen LogP contribution is 2.14. The molecule has 6 heteroatoms. The number of nitrogens with one attached hydrogen (secondary N) is 1. The number of aryl methyl sites for hydroxylation is 1. The third-order valence-electron chi connectivity index (χ3n) is 2.57. The van der Waals surface area contributed by atoms with Crippen molar-refractivity contribution in [3.63, 3.8) is 0 Å². The van der Waals surface area contributed by atoms with Crippen LogP contribution in [-0.2, 0) is 18.3 Å². The van der Waals surface area contributed by atoms with Gasteiger partial charge in [0.15, 0.2) is 5.58 Å². The average Bonchev–Trinajstić information content (AvgIpc) is 2.63. The summed E-state index contributed by atoms with van der Waals surface area (Å²) in [5.41, 5.74) is 2.09. The van der Waals surface area contributed by atoms with E-state index in [0.717, 1.165) is 5.56 Å². The van der Waals surface area contributed by atoms with Crippen LogP contribution in [-0.4, -0.2) is 17.3 Å². The Hall–Kier alpha value is -2.24. The molecular formula is C12H14N2O4. The predicted molar refractivity (Wildman–Crippen MR) is 65.3 cm³/mol. The Balaban J connectivity index is 2.17. The lowest BCUT2D eigenvalue weighted by Gasteiger charge is -2.05. The van der Waals surface area contributed by atoms with E-state index in [2.05, 4.69) is 5.32 Å². The molecule has 0 atom stereocenters. The molecule has 0 bridgehead atoms. The fraction of sp³-hybridized carbons (Fsp3) is 0.333. The van der Waals surface area contributed by atoms with Crippen LogP contribution in [0.3, 0.4) is 0 Å². The highest BCUT2D eigenvalue weighted by atomic mass is 16.5. The van der Waals surface area contributed by atoms with E-state index < -0.39 is 11.8 Å². The molecule has 18 heavy (non-hydrogen) atoms. The lowest BCUT2D eigenvalue weighted by atomic mass is 10.2.